The molecule has 5 N–H and O–H groups in total. The van der Waals surface area contributed by atoms with Crippen LogP contribution in [0.3, 0.4) is 0 Å². The van der Waals surface area contributed by atoms with Crippen LogP contribution in [-0.2, 0) is 35.5 Å². The molecular weight excluding hydrogens is 566 g/mol. The third-order valence-electron chi connectivity index (χ3n) is 6.49. The van der Waals surface area contributed by atoms with Crippen molar-refractivity contribution in [1.82, 2.24) is 20.9 Å². The van der Waals surface area contributed by atoms with Gasteiger partial charge in [-0.25, -0.2) is 4.79 Å². The molecule has 0 bridgehead atoms. The summed E-state index contributed by atoms with van der Waals surface area (Å²) in [6.45, 7) is 3.12. The van der Waals surface area contributed by atoms with Gasteiger partial charge in [0.2, 0.25) is 11.8 Å². The molecule has 0 saturated carbocycles. The van der Waals surface area contributed by atoms with Crippen molar-refractivity contribution in [2.45, 2.75) is 44.9 Å². The maximum Gasteiger partial charge on any atom is 0.414 e. The topological polar surface area (TPSA) is 145 Å². The number of carbonyl (C=O) groups excluding carboxylic acids is 3. The van der Waals surface area contributed by atoms with Crippen molar-refractivity contribution >= 4 is 29.2 Å². The summed E-state index contributed by atoms with van der Waals surface area (Å²) in [6, 6.07) is 19.9. The zero-order valence-electron chi connectivity index (χ0n) is 23.8. The Morgan fingerprint density at radius 1 is 0.837 bits per heavy atom. The van der Waals surface area contributed by atoms with Crippen LogP contribution in [0.25, 0.3) is 0 Å². The Hall–Kier alpha value is -4.74. The molecule has 224 valence electrons. The number of amides is 3. The third-order valence-corrected chi connectivity index (χ3v) is 7.24. The lowest BCUT2D eigenvalue weighted by Crippen LogP contribution is -2.55. The van der Waals surface area contributed by atoms with Crippen molar-refractivity contribution in [2.24, 2.45) is 5.73 Å². The Morgan fingerprint density at radius 3 is 2.19 bits per heavy atom. The van der Waals surface area contributed by atoms with E-state index in [1.54, 1.807) is 48.1 Å². The van der Waals surface area contributed by atoms with Crippen molar-refractivity contribution in [3.63, 3.8) is 0 Å². The van der Waals surface area contributed by atoms with Crippen LogP contribution < -0.4 is 31.2 Å². The summed E-state index contributed by atoms with van der Waals surface area (Å²) in [5, 5.41) is 10.6. The summed E-state index contributed by atoms with van der Waals surface area (Å²) >= 11 is 1.26. The van der Waals surface area contributed by atoms with Crippen molar-refractivity contribution in [3.05, 3.63) is 113 Å². The van der Waals surface area contributed by atoms with E-state index in [9.17, 15) is 14.4 Å². The quantitative estimate of drug-likeness (QED) is 0.172. The highest BCUT2D eigenvalue weighted by Gasteiger charge is 2.28. The van der Waals surface area contributed by atoms with E-state index in [4.69, 9.17) is 15.2 Å². The molecule has 0 fully saturated rings. The van der Waals surface area contributed by atoms with Crippen molar-refractivity contribution in [2.75, 3.05) is 6.61 Å². The molecule has 2 aromatic heterocycles. The molecule has 0 saturated heterocycles. The molecule has 0 spiro atoms. The van der Waals surface area contributed by atoms with E-state index in [0.29, 0.717) is 24.0 Å². The van der Waals surface area contributed by atoms with Crippen LogP contribution in [-0.4, -0.2) is 41.6 Å². The largest absolute Gasteiger partial charge is 0.494 e. The van der Waals surface area contributed by atoms with Gasteiger partial charge < -0.3 is 31.2 Å². The Balaban J connectivity index is 1.50. The number of nitrogens with one attached hydrogen (secondary N) is 3. The molecule has 0 unspecified atom stereocenters. The van der Waals surface area contributed by atoms with Gasteiger partial charge in [0, 0.05) is 38.3 Å². The number of hydrogen-bond acceptors (Lipinski definition) is 8. The fraction of sp³-hybridized carbons (Fsp3) is 0.250. The second kappa shape index (κ2) is 16.0. The minimum atomic E-state index is -1.03. The standard InChI is InChI=1S/C32H35N5O5S/c1-2-41-26-13-11-22(12-14-26)17-28(37-32(40)42-29-6-4-16-43-29)31(39)36-27(18-25-5-3-15-34-20-25)30(38)35-21-24-9-7-23(19-33)8-10-24/h3-16,20,27-28H,2,17-19,21,33H2,1H3,(H,35,38)(H,36,39)(H,37,40)/t27-,28+/m0/s1. The molecule has 4 rings (SSSR count). The molecule has 11 heteroatoms. The van der Waals surface area contributed by atoms with E-state index < -0.39 is 24.1 Å². The molecule has 0 radical (unpaired) electrons. The summed E-state index contributed by atoms with van der Waals surface area (Å²) in [5.41, 5.74) is 9.11. The van der Waals surface area contributed by atoms with Crippen LogP contribution in [0, 0.1) is 0 Å². The van der Waals surface area contributed by atoms with Gasteiger partial charge in [-0.3, -0.25) is 14.6 Å². The maximum absolute atomic E-state index is 13.7. The predicted molar refractivity (Wildman–Crippen MR) is 165 cm³/mol. The first kappa shape index (κ1) is 31.2. The molecule has 43 heavy (non-hydrogen) atoms. The SMILES string of the molecule is CCOc1ccc(C[C@@H](NC(=O)Oc2cccs2)C(=O)N[C@@H](Cc2cccnc2)C(=O)NCc2ccc(CN)cc2)cc1. The number of carbonyl (C=O) groups is 3. The van der Waals surface area contributed by atoms with Crippen molar-refractivity contribution in [3.8, 4) is 10.8 Å². The van der Waals surface area contributed by atoms with E-state index in [1.807, 2.05) is 49.4 Å². The van der Waals surface area contributed by atoms with Gasteiger partial charge in [0.25, 0.3) is 0 Å². The Labute approximate surface area is 254 Å². The molecule has 4 aromatic rings. The summed E-state index contributed by atoms with van der Waals surface area (Å²) < 4.78 is 10.9. The Kier molecular flexibility index (Phi) is 11.6. The lowest BCUT2D eigenvalue weighted by Gasteiger charge is -2.23. The van der Waals surface area contributed by atoms with Crippen LogP contribution in [0.15, 0.2) is 90.6 Å². The van der Waals surface area contributed by atoms with Crippen LogP contribution >= 0.6 is 11.3 Å². The Morgan fingerprint density at radius 2 is 1.53 bits per heavy atom. The van der Waals surface area contributed by atoms with Crippen LogP contribution in [0.4, 0.5) is 4.79 Å². The number of benzene rings is 2. The highest BCUT2D eigenvalue weighted by Crippen LogP contribution is 2.19. The van der Waals surface area contributed by atoms with Gasteiger partial charge in [0.05, 0.1) is 6.61 Å². The summed E-state index contributed by atoms with van der Waals surface area (Å²) in [7, 11) is 0. The molecule has 10 nitrogen and oxygen atoms in total. The zero-order chi connectivity index (χ0) is 30.4. The minimum absolute atomic E-state index is 0.159. The monoisotopic (exact) mass is 601 g/mol. The molecule has 0 aliphatic rings. The number of ether oxygens (including phenoxy) is 2. The third kappa shape index (κ3) is 9.94. The van der Waals surface area contributed by atoms with E-state index in [-0.39, 0.29) is 25.3 Å². The molecule has 2 heterocycles. The fourth-order valence-corrected chi connectivity index (χ4v) is 4.83. The second-order valence-electron chi connectivity index (χ2n) is 9.66. The number of hydrogen-bond donors (Lipinski definition) is 4. The average molecular weight is 602 g/mol. The van der Waals surface area contributed by atoms with E-state index >= 15 is 0 Å². The first-order valence-corrected chi connectivity index (χ1v) is 14.8. The van der Waals surface area contributed by atoms with Gasteiger partial charge >= 0.3 is 6.09 Å². The van der Waals surface area contributed by atoms with Gasteiger partial charge in [-0.1, -0.05) is 42.5 Å². The smallest absolute Gasteiger partial charge is 0.414 e. The molecule has 0 aliphatic heterocycles. The lowest BCUT2D eigenvalue weighted by atomic mass is 10.0. The van der Waals surface area contributed by atoms with Crippen LogP contribution in [0.1, 0.15) is 29.2 Å². The van der Waals surface area contributed by atoms with Gasteiger partial charge in [-0.05, 0) is 64.9 Å². The van der Waals surface area contributed by atoms with E-state index in [0.717, 1.165) is 22.3 Å². The summed E-state index contributed by atoms with van der Waals surface area (Å²) in [5.74, 6) is -0.211. The Bertz CT molecular complexity index is 1450. The highest BCUT2D eigenvalue weighted by atomic mass is 32.1. The van der Waals surface area contributed by atoms with Gasteiger partial charge in [-0.15, -0.1) is 11.3 Å². The molecule has 0 aliphatic carbocycles. The van der Waals surface area contributed by atoms with Crippen molar-refractivity contribution in [1.29, 1.82) is 0 Å². The maximum atomic E-state index is 13.7. The van der Waals surface area contributed by atoms with Gasteiger partial charge in [-0.2, -0.15) is 0 Å². The van der Waals surface area contributed by atoms with Gasteiger partial charge in [0.15, 0.2) is 5.06 Å². The van der Waals surface area contributed by atoms with E-state index in [2.05, 4.69) is 20.9 Å². The minimum Gasteiger partial charge on any atom is -0.494 e. The normalized spacial score (nSPS) is 12.0. The number of nitrogens with two attached hydrogens (primary N) is 1. The number of pyridine rings is 1. The zero-order valence-corrected chi connectivity index (χ0v) is 24.6. The molecular formula is C32H35N5O5S. The highest BCUT2D eigenvalue weighted by molar-refractivity contribution is 7.11. The summed E-state index contributed by atoms with van der Waals surface area (Å²) in [6.07, 6.45) is 2.87. The molecule has 2 aromatic carbocycles. The predicted octanol–water partition coefficient (Wildman–Crippen LogP) is 3.74. The second-order valence-corrected chi connectivity index (χ2v) is 10.6. The molecule has 2 atom stereocenters. The molecule has 3 amide bonds. The first-order valence-electron chi connectivity index (χ1n) is 13.9. The van der Waals surface area contributed by atoms with Crippen molar-refractivity contribution < 1.29 is 23.9 Å². The number of aromatic nitrogens is 1. The fourth-order valence-electron chi connectivity index (χ4n) is 4.26. The summed E-state index contributed by atoms with van der Waals surface area (Å²) in [4.78, 5) is 44.0. The first-order chi connectivity index (χ1) is 20.9. The van der Waals surface area contributed by atoms with Crippen LogP contribution in [0.2, 0.25) is 0 Å². The number of nitrogens with zero attached hydrogens (tertiary/aromatic N) is 1. The van der Waals surface area contributed by atoms with E-state index in [1.165, 1.54) is 11.3 Å². The van der Waals surface area contributed by atoms with Crippen LogP contribution in [0.5, 0.6) is 10.8 Å². The number of thiophene rings is 1. The number of rotatable bonds is 14. The lowest BCUT2D eigenvalue weighted by molar-refractivity contribution is -0.130. The average Bonchev–Trinajstić information content (AvgIpc) is 3.54. The van der Waals surface area contributed by atoms with Gasteiger partial charge in [0.1, 0.15) is 17.8 Å².